The summed E-state index contributed by atoms with van der Waals surface area (Å²) in [5, 5.41) is 0. The number of ether oxygens (including phenoxy) is 3. The van der Waals surface area contributed by atoms with E-state index in [-0.39, 0.29) is 46.1 Å². The van der Waals surface area contributed by atoms with E-state index in [0.717, 1.165) is 27.8 Å². The highest BCUT2D eigenvalue weighted by atomic mass is 31.2. The first-order valence-corrected chi connectivity index (χ1v) is 18.5. The topological polar surface area (TPSA) is 89.5 Å². The van der Waals surface area contributed by atoms with Gasteiger partial charge in [0.25, 0.3) is 0 Å². The van der Waals surface area contributed by atoms with Crippen LogP contribution in [0.5, 0.6) is 0 Å². The Kier molecular flexibility index (Phi) is 15.2. The lowest BCUT2D eigenvalue weighted by molar-refractivity contribution is -0.157. The Morgan fingerprint density at radius 1 is 0.510 bits per heavy atom. The van der Waals surface area contributed by atoms with Crippen molar-refractivity contribution in [3.05, 3.63) is 179 Å². The molecular weight excluding hydrogens is 663 g/mol. The van der Waals surface area contributed by atoms with E-state index in [4.69, 9.17) is 27.8 Å². The summed E-state index contributed by atoms with van der Waals surface area (Å²) in [6.45, 7) is 2.36. The van der Waals surface area contributed by atoms with Crippen molar-refractivity contribution in [3.8, 4) is 0 Å². The van der Waals surface area contributed by atoms with E-state index in [1.54, 1.807) is 6.92 Å². The van der Waals surface area contributed by atoms with Crippen LogP contribution in [0.1, 0.15) is 41.2 Å². The van der Waals surface area contributed by atoms with Gasteiger partial charge in [-0.1, -0.05) is 152 Å². The third-order valence-corrected chi connectivity index (χ3v) is 9.52. The van der Waals surface area contributed by atoms with Crippen LogP contribution in [0.4, 0.5) is 0 Å². The van der Waals surface area contributed by atoms with Crippen molar-refractivity contribution >= 4 is 13.8 Å². The average Bonchev–Trinajstić information content (AvgIpc) is 3.19. The predicted octanol–water partition coefficient (Wildman–Crippen LogP) is 9.49. The molecule has 5 rings (SSSR count). The van der Waals surface area contributed by atoms with Crippen molar-refractivity contribution in [2.24, 2.45) is 5.92 Å². The van der Waals surface area contributed by atoms with E-state index in [0.29, 0.717) is 0 Å². The summed E-state index contributed by atoms with van der Waals surface area (Å²) < 4.78 is 50.5. The zero-order valence-electron chi connectivity index (χ0n) is 28.8. The van der Waals surface area contributed by atoms with Crippen LogP contribution in [0.3, 0.4) is 0 Å². The van der Waals surface area contributed by atoms with Gasteiger partial charge in [-0.25, -0.2) is 4.57 Å². The maximum Gasteiger partial charge on any atom is 0.475 e. The van der Waals surface area contributed by atoms with E-state index in [1.807, 2.05) is 152 Å². The number of rotatable bonds is 21. The minimum atomic E-state index is -4.11. The molecule has 8 nitrogen and oxygen atoms in total. The molecule has 5 aromatic rings. The number of esters is 1. The molecular formula is C42H45O8P. The Morgan fingerprint density at radius 3 is 1.31 bits per heavy atom. The number of benzene rings is 5. The number of phosphoric ester groups is 1. The molecule has 266 valence electrons. The quantitative estimate of drug-likeness (QED) is 0.0550. The molecule has 9 heteroatoms. The van der Waals surface area contributed by atoms with Crippen LogP contribution in [0.25, 0.3) is 0 Å². The Bertz CT molecular complexity index is 1690. The standard InChI is InChI=1S/C42H45O8P/c1-34(42(43)47-30-37-21-11-4-12-22-37)41(46-29-36-19-9-3-10-20-36)27-40(45-28-35-17-7-2-8-18-35)33-50-51(44,48-31-38-23-13-5-14-24-38)49-32-39-25-15-6-16-26-39/h2-26,34,40-41H,27-33H2,1H3/t34-,40+,41+/m1/s1. The molecule has 0 unspecified atom stereocenters. The number of carbonyl (C=O) groups is 1. The third kappa shape index (κ3) is 13.3. The van der Waals surface area contributed by atoms with E-state index >= 15 is 0 Å². The molecule has 3 atom stereocenters. The van der Waals surface area contributed by atoms with Gasteiger partial charge >= 0.3 is 13.8 Å². The summed E-state index contributed by atoms with van der Waals surface area (Å²) in [6.07, 6.45) is -1.06. The van der Waals surface area contributed by atoms with Gasteiger partial charge in [-0.15, -0.1) is 0 Å². The van der Waals surface area contributed by atoms with Crippen LogP contribution in [0, 0.1) is 5.92 Å². The second kappa shape index (κ2) is 20.4. The lowest BCUT2D eigenvalue weighted by atomic mass is 9.98. The molecule has 0 saturated carbocycles. The van der Waals surface area contributed by atoms with Gasteiger partial charge < -0.3 is 14.2 Å². The van der Waals surface area contributed by atoms with E-state index in [1.165, 1.54) is 0 Å². The summed E-state index contributed by atoms with van der Waals surface area (Å²) in [5.41, 5.74) is 4.43. The minimum absolute atomic E-state index is 0.0234. The summed E-state index contributed by atoms with van der Waals surface area (Å²) in [5.74, 6) is -1.06. The fraction of sp³-hybridized carbons (Fsp3) is 0.262. The van der Waals surface area contributed by atoms with Crippen LogP contribution in [0.15, 0.2) is 152 Å². The molecule has 0 amide bonds. The van der Waals surface area contributed by atoms with E-state index in [2.05, 4.69) is 0 Å². The van der Waals surface area contributed by atoms with Crippen LogP contribution in [-0.2, 0) is 70.2 Å². The second-order valence-corrected chi connectivity index (χ2v) is 13.8. The molecule has 0 N–H and O–H groups in total. The molecule has 51 heavy (non-hydrogen) atoms. The number of phosphoric acid groups is 1. The summed E-state index contributed by atoms with van der Waals surface area (Å²) >= 11 is 0. The van der Waals surface area contributed by atoms with Gasteiger partial charge in [-0.2, -0.15) is 0 Å². The van der Waals surface area contributed by atoms with Crippen molar-refractivity contribution in [1.82, 2.24) is 0 Å². The Labute approximate surface area is 300 Å². The summed E-state index contributed by atoms with van der Waals surface area (Å²) in [7, 11) is -4.11. The zero-order valence-corrected chi connectivity index (χ0v) is 29.7. The van der Waals surface area contributed by atoms with Crippen molar-refractivity contribution in [2.75, 3.05) is 6.61 Å². The zero-order chi connectivity index (χ0) is 35.6. The van der Waals surface area contributed by atoms with E-state index in [9.17, 15) is 9.36 Å². The number of hydrogen-bond donors (Lipinski definition) is 0. The first-order chi connectivity index (χ1) is 25.0. The van der Waals surface area contributed by atoms with Gasteiger partial charge in [0.05, 0.1) is 51.2 Å². The molecule has 5 aromatic carbocycles. The Hall–Kier alpha value is -4.40. The maximum absolute atomic E-state index is 14.2. The van der Waals surface area contributed by atoms with Gasteiger partial charge in [0.2, 0.25) is 0 Å². The SMILES string of the molecule is C[C@@H](C(=O)OCc1ccccc1)[C@H](C[C@@H](COP(=O)(OCc1ccccc1)OCc1ccccc1)OCc1ccccc1)OCc1ccccc1. The molecule has 0 spiro atoms. The first kappa shape index (κ1) is 37.8. The lowest BCUT2D eigenvalue weighted by Crippen LogP contribution is -2.35. The fourth-order valence-corrected chi connectivity index (χ4v) is 6.37. The molecule has 0 saturated heterocycles. The first-order valence-electron chi connectivity index (χ1n) is 17.1. The van der Waals surface area contributed by atoms with Crippen LogP contribution < -0.4 is 0 Å². The predicted molar refractivity (Wildman–Crippen MR) is 196 cm³/mol. The fourth-order valence-electron chi connectivity index (χ4n) is 5.18. The summed E-state index contributed by atoms with van der Waals surface area (Å²) in [6, 6.07) is 47.8. The van der Waals surface area contributed by atoms with Gasteiger partial charge in [-0.3, -0.25) is 18.4 Å². The molecule has 0 radical (unpaired) electrons. The second-order valence-electron chi connectivity index (χ2n) is 12.1. The largest absolute Gasteiger partial charge is 0.475 e. The number of hydrogen-bond acceptors (Lipinski definition) is 8. The highest BCUT2D eigenvalue weighted by Gasteiger charge is 2.33. The Balaban J connectivity index is 1.33. The normalized spacial score (nSPS) is 13.3. The monoisotopic (exact) mass is 708 g/mol. The maximum atomic E-state index is 14.2. The molecule has 0 aromatic heterocycles. The third-order valence-electron chi connectivity index (χ3n) is 8.17. The van der Waals surface area contributed by atoms with Gasteiger partial charge in [0, 0.05) is 6.42 Å². The van der Waals surface area contributed by atoms with Gasteiger partial charge in [-0.05, 0) is 34.7 Å². The molecule has 0 bridgehead atoms. The average molecular weight is 709 g/mol. The molecule has 0 aliphatic carbocycles. The smallest absolute Gasteiger partial charge is 0.461 e. The van der Waals surface area contributed by atoms with Crippen molar-refractivity contribution in [1.29, 1.82) is 0 Å². The van der Waals surface area contributed by atoms with Crippen molar-refractivity contribution < 1.29 is 37.1 Å². The summed E-state index contributed by atoms with van der Waals surface area (Å²) in [4.78, 5) is 13.4. The van der Waals surface area contributed by atoms with E-state index < -0.39 is 31.9 Å². The minimum Gasteiger partial charge on any atom is -0.461 e. The molecule has 0 aliphatic heterocycles. The molecule has 0 aliphatic rings. The van der Waals surface area contributed by atoms with Crippen molar-refractivity contribution in [3.63, 3.8) is 0 Å². The highest BCUT2D eigenvalue weighted by Crippen LogP contribution is 2.51. The van der Waals surface area contributed by atoms with Crippen LogP contribution in [0.2, 0.25) is 0 Å². The highest BCUT2D eigenvalue weighted by molar-refractivity contribution is 7.48. The van der Waals surface area contributed by atoms with Gasteiger partial charge in [0.15, 0.2) is 0 Å². The van der Waals surface area contributed by atoms with Crippen LogP contribution >= 0.6 is 7.82 Å². The van der Waals surface area contributed by atoms with Crippen LogP contribution in [-0.4, -0.2) is 24.8 Å². The lowest BCUT2D eigenvalue weighted by Gasteiger charge is -2.28. The molecule has 0 heterocycles. The van der Waals surface area contributed by atoms with Crippen molar-refractivity contribution in [2.45, 2.75) is 58.6 Å². The Morgan fingerprint density at radius 2 is 0.882 bits per heavy atom. The molecule has 0 fully saturated rings. The van der Waals surface area contributed by atoms with Gasteiger partial charge in [0.1, 0.15) is 6.61 Å². The number of carbonyl (C=O) groups excluding carboxylic acids is 1.